The third kappa shape index (κ3) is 2.58. The lowest BCUT2D eigenvalue weighted by Gasteiger charge is -2.45. The van der Waals surface area contributed by atoms with Gasteiger partial charge in [0.1, 0.15) is 5.76 Å². The summed E-state index contributed by atoms with van der Waals surface area (Å²) in [6.45, 7) is 6.32. The molecule has 3 heterocycles. The number of morpholine rings is 2. The fourth-order valence-electron chi connectivity index (χ4n) is 3.31. The summed E-state index contributed by atoms with van der Waals surface area (Å²) < 4.78 is 11.2. The molecule has 2 unspecified atom stereocenters. The second kappa shape index (κ2) is 5.10. The molecule has 2 saturated heterocycles. The van der Waals surface area contributed by atoms with Crippen molar-refractivity contribution in [1.29, 1.82) is 0 Å². The monoisotopic (exact) mass is 291 g/mol. The minimum absolute atomic E-state index is 0.0195. The number of hydrogen-bond acceptors (Lipinski definition) is 5. The maximum Gasteiger partial charge on any atom is 0.276 e. The van der Waals surface area contributed by atoms with Crippen LogP contribution in [0.4, 0.5) is 0 Å². The van der Waals surface area contributed by atoms with Crippen molar-refractivity contribution in [3.63, 3.8) is 0 Å². The van der Waals surface area contributed by atoms with Crippen molar-refractivity contribution >= 4 is 5.91 Å². The highest BCUT2D eigenvalue weighted by Gasteiger charge is 2.37. The highest BCUT2D eigenvalue weighted by Crippen LogP contribution is 2.40. The van der Waals surface area contributed by atoms with E-state index in [1.807, 2.05) is 11.0 Å². The van der Waals surface area contributed by atoms with E-state index in [9.17, 15) is 4.79 Å². The van der Waals surface area contributed by atoms with Crippen LogP contribution in [0.1, 0.15) is 41.9 Å². The Morgan fingerprint density at radius 2 is 2.00 bits per heavy atom. The molecule has 6 heteroatoms. The standard InChI is InChI=1S/C15H21N3O3/c1-2-17-6-11-8-18(9-12(7-17)20-11)15(19)13-5-14(21-16-13)10-3-4-10/h5,10-12H,2-4,6-9H2,1H3. The van der Waals surface area contributed by atoms with Crippen LogP contribution in [0.2, 0.25) is 0 Å². The molecule has 0 spiro atoms. The van der Waals surface area contributed by atoms with Crippen LogP contribution in [0.25, 0.3) is 0 Å². The fourth-order valence-corrected chi connectivity index (χ4v) is 3.31. The number of nitrogens with zero attached hydrogens (tertiary/aromatic N) is 3. The molecule has 0 radical (unpaired) electrons. The Labute approximate surface area is 124 Å². The minimum Gasteiger partial charge on any atom is -0.369 e. The fraction of sp³-hybridized carbons (Fsp3) is 0.733. The molecule has 1 aromatic heterocycles. The van der Waals surface area contributed by atoms with Gasteiger partial charge in [0.25, 0.3) is 5.91 Å². The Morgan fingerprint density at radius 3 is 2.62 bits per heavy atom. The number of rotatable bonds is 3. The van der Waals surface area contributed by atoms with Crippen molar-refractivity contribution in [2.45, 2.75) is 37.9 Å². The summed E-state index contributed by atoms with van der Waals surface area (Å²) in [5.74, 6) is 1.33. The van der Waals surface area contributed by atoms with Crippen molar-refractivity contribution in [3.8, 4) is 0 Å². The molecule has 1 aliphatic carbocycles. The number of aromatic nitrogens is 1. The van der Waals surface area contributed by atoms with Gasteiger partial charge in [-0.05, 0) is 19.4 Å². The summed E-state index contributed by atoms with van der Waals surface area (Å²) >= 11 is 0. The molecular formula is C15H21N3O3. The quantitative estimate of drug-likeness (QED) is 0.834. The average Bonchev–Trinajstić information content (AvgIpc) is 3.23. The van der Waals surface area contributed by atoms with E-state index in [-0.39, 0.29) is 18.1 Å². The van der Waals surface area contributed by atoms with E-state index in [2.05, 4.69) is 17.0 Å². The molecule has 0 N–H and O–H groups in total. The van der Waals surface area contributed by atoms with Gasteiger partial charge in [0, 0.05) is 38.2 Å². The van der Waals surface area contributed by atoms with Gasteiger partial charge in [-0.2, -0.15) is 0 Å². The van der Waals surface area contributed by atoms with Crippen molar-refractivity contribution in [3.05, 3.63) is 17.5 Å². The van der Waals surface area contributed by atoms with Gasteiger partial charge in [0.05, 0.1) is 12.2 Å². The Bertz CT molecular complexity index is 526. The molecule has 2 aliphatic heterocycles. The van der Waals surface area contributed by atoms with Gasteiger partial charge in [0.15, 0.2) is 5.69 Å². The Morgan fingerprint density at radius 1 is 1.29 bits per heavy atom. The van der Waals surface area contributed by atoms with Crippen LogP contribution in [0, 0.1) is 0 Å². The molecule has 0 aromatic carbocycles. The normalized spacial score (nSPS) is 29.7. The molecule has 114 valence electrons. The van der Waals surface area contributed by atoms with Crippen molar-refractivity contribution in [2.75, 3.05) is 32.7 Å². The van der Waals surface area contributed by atoms with Gasteiger partial charge < -0.3 is 14.2 Å². The Balaban J connectivity index is 1.45. The third-order valence-corrected chi connectivity index (χ3v) is 4.62. The molecule has 21 heavy (non-hydrogen) atoms. The van der Waals surface area contributed by atoms with E-state index in [0.717, 1.165) is 38.2 Å². The molecule has 3 aliphatic rings. The summed E-state index contributed by atoms with van der Waals surface area (Å²) in [4.78, 5) is 16.8. The second-order valence-electron chi connectivity index (χ2n) is 6.33. The average molecular weight is 291 g/mol. The molecule has 2 atom stereocenters. The van der Waals surface area contributed by atoms with Crippen LogP contribution in [-0.2, 0) is 4.74 Å². The SMILES string of the molecule is CCN1CC2CN(C(=O)c3cc(C4CC4)on3)CC(C1)O2. The maximum absolute atomic E-state index is 12.6. The zero-order chi connectivity index (χ0) is 14.4. The first-order chi connectivity index (χ1) is 10.2. The largest absolute Gasteiger partial charge is 0.369 e. The lowest BCUT2D eigenvalue weighted by molar-refractivity contribution is -0.129. The maximum atomic E-state index is 12.6. The highest BCUT2D eigenvalue weighted by molar-refractivity contribution is 5.92. The summed E-state index contributed by atoms with van der Waals surface area (Å²) in [5, 5.41) is 3.96. The van der Waals surface area contributed by atoms with E-state index in [1.54, 1.807) is 0 Å². The van der Waals surface area contributed by atoms with Gasteiger partial charge in [-0.3, -0.25) is 9.69 Å². The number of hydrogen-bond donors (Lipinski definition) is 0. The summed E-state index contributed by atoms with van der Waals surface area (Å²) in [5.41, 5.74) is 0.448. The van der Waals surface area contributed by atoms with Gasteiger partial charge in [-0.15, -0.1) is 0 Å². The highest BCUT2D eigenvalue weighted by atomic mass is 16.5. The van der Waals surface area contributed by atoms with E-state index in [0.29, 0.717) is 24.7 Å². The summed E-state index contributed by atoms with van der Waals surface area (Å²) in [6, 6.07) is 1.82. The predicted octanol–water partition coefficient (Wildman–Crippen LogP) is 1.10. The molecule has 4 rings (SSSR count). The third-order valence-electron chi connectivity index (χ3n) is 4.62. The van der Waals surface area contributed by atoms with Gasteiger partial charge >= 0.3 is 0 Å². The summed E-state index contributed by atoms with van der Waals surface area (Å²) in [7, 11) is 0. The Kier molecular flexibility index (Phi) is 3.23. The van der Waals surface area contributed by atoms with Crippen LogP contribution in [0.3, 0.4) is 0 Å². The minimum atomic E-state index is -0.0195. The lowest BCUT2D eigenvalue weighted by atomic mass is 10.1. The zero-order valence-corrected chi connectivity index (χ0v) is 12.3. The molecular weight excluding hydrogens is 270 g/mol. The van der Waals surface area contributed by atoms with Crippen LogP contribution in [-0.4, -0.2) is 65.8 Å². The number of carbonyl (C=O) groups is 1. The van der Waals surface area contributed by atoms with Crippen molar-refractivity contribution in [1.82, 2.24) is 15.0 Å². The molecule has 6 nitrogen and oxygen atoms in total. The van der Waals surface area contributed by atoms with Crippen molar-refractivity contribution in [2.24, 2.45) is 0 Å². The Hall–Kier alpha value is -1.40. The van der Waals surface area contributed by atoms with Crippen LogP contribution in [0.15, 0.2) is 10.6 Å². The van der Waals surface area contributed by atoms with Crippen LogP contribution >= 0.6 is 0 Å². The number of likely N-dealkylation sites (N-methyl/N-ethyl adjacent to an activating group) is 1. The number of ether oxygens (including phenoxy) is 1. The van der Waals surface area contributed by atoms with E-state index in [1.165, 1.54) is 0 Å². The number of carbonyl (C=O) groups excluding carboxylic acids is 1. The van der Waals surface area contributed by atoms with Gasteiger partial charge in [-0.25, -0.2) is 0 Å². The molecule has 1 saturated carbocycles. The van der Waals surface area contributed by atoms with Crippen molar-refractivity contribution < 1.29 is 14.1 Å². The van der Waals surface area contributed by atoms with Crippen LogP contribution < -0.4 is 0 Å². The molecule has 3 fully saturated rings. The van der Waals surface area contributed by atoms with Crippen LogP contribution in [0.5, 0.6) is 0 Å². The smallest absolute Gasteiger partial charge is 0.276 e. The summed E-state index contributed by atoms with van der Waals surface area (Å²) in [6.07, 6.45) is 2.54. The van der Waals surface area contributed by atoms with Gasteiger partial charge in [-0.1, -0.05) is 12.1 Å². The number of fused-ring (bicyclic) bond motifs is 2. The predicted molar refractivity (Wildman–Crippen MR) is 75.2 cm³/mol. The lowest BCUT2D eigenvalue weighted by Crippen LogP contribution is -2.60. The second-order valence-corrected chi connectivity index (χ2v) is 6.33. The zero-order valence-electron chi connectivity index (χ0n) is 12.3. The molecule has 1 aromatic rings. The van der Waals surface area contributed by atoms with E-state index >= 15 is 0 Å². The topological polar surface area (TPSA) is 58.8 Å². The first-order valence-corrected chi connectivity index (χ1v) is 7.86. The number of amides is 1. The van der Waals surface area contributed by atoms with E-state index in [4.69, 9.17) is 9.26 Å². The molecule has 1 amide bonds. The molecule has 2 bridgehead atoms. The first kappa shape index (κ1) is 13.3. The first-order valence-electron chi connectivity index (χ1n) is 7.86. The van der Waals surface area contributed by atoms with Gasteiger partial charge in [0.2, 0.25) is 0 Å². The van der Waals surface area contributed by atoms with E-state index < -0.39 is 0 Å².